The number of nitrogens with two attached hydrogens (primary N) is 1. The zero-order valence-corrected chi connectivity index (χ0v) is 19.2. The first-order valence-corrected chi connectivity index (χ1v) is 10.9. The van der Waals surface area contributed by atoms with Crippen LogP contribution in [0.5, 0.6) is 5.75 Å². The van der Waals surface area contributed by atoms with Crippen LogP contribution in [0.2, 0.25) is 0 Å². The smallest absolute Gasteiger partial charge is 0.419 e. The molecule has 2 aromatic rings. The Balaban J connectivity index is 1.94. The van der Waals surface area contributed by atoms with Crippen molar-refractivity contribution in [1.82, 2.24) is 5.32 Å². The van der Waals surface area contributed by atoms with Crippen LogP contribution in [0, 0.1) is 17.1 Å². The van der Waals surface area contributed by atoms with E-state index in [-0.39, 0.29) is 24.3 Å². The van der Waals surface area contributed by atoms with Crippen molar-refractivity contribution in [2.75, 3.05) is 43.1 Å². The summed E-state index contributed by atoms with van der Waals surface area (Å²) in [5, 5.41) is 11.9. The van der Waals surface area contributed by atoms with Crippen LogP contribution in [-0.2, 0) is 4.74 Å². The van der Waals surface area contributed by atoms with Gasteiger partial charge < -0.3 is 20.5 Å². The quantitative estimate of drug-likeness (QED) is 0.597. The summed E-state index contributed by atoms with van der Waals surface area (Å²) in [5.41, 5.74) is 7.84. The molecule has 1 aliphatic rings. The van der Waals surface area contributed by atoms with Crippen LogP contribution in [-0.4, -0.2) is 51.5 Å². The number of benzene rings is 2. The van der Waals surface area contributed by atoms with E-state index in [4.69, 9.17) is 20.5 Å². The first-order chi connectivity index (χ1) is 16.4. The van der Waals surface area contributed by atoms with Gasteiger partial charge in [0.05, 0.1) is 37.1 Å². The lowest BCUT2D eigenvalue weighted by Crippen LogP contribution is -2.52. The molecule has 0 fully saturated rings. The molecule has 1 aliphatic heterocycles. The molecule has 0 aliphatic carbocycles. The van der Waals surface area contributed by atoms with Crippen molar-refractivity contribution in [3.8, 4) is 11.8 Å². The van der Waals surface area contributed by atoms with Crippen molar-refractivity contribution in [3.63, 3.8) is 0 Å². The topological polar surface area (TPSA) is 121 Å². The summed E-state index contributed by atoms with van der Waals surface area (Å²) in [6.45, 7) is 3.40. The summed E-state index contributed by atoms with van der Waals surface area (Å²) >= 11 is 0. The Bertz CT molecular complexity index is 1060. The first kappa shape index (κ1) is 25.0. The Hall–Kier alpha value is -3.68. The lowest BCUT2D eigenvalue weighted by molar-refractivity contribution is 0.175. The van der Waals surface area contributed by atoms with Gasteiger partial charge in [-0.1, -0.05) is 6.07 Å². The minimum atomic E-state index is -0.655. The molecule has 2 amide bonds. The van der Waals surface area contributed by atoms with Gasteiger partial charge in [-0.05, 0) is 48.9 Å². The molecule has 180 valence electrons. The third kappa shape index (κ3) is 5.62. The lowest BCUT2D eigenvalue weighted by Gasteiger charge is -2.40. The summed E-state index contributed by atoms with van der Waals surface area (Å²) < 4.78 is 23.7. The van der Waals surface area contributed by atoms with Crippen LogP contribution in [0.3, 0.4) is 0 Å². The summed E-state index contributed by atoms with van der Waals surface area (Å²) in [5.74, 6) is -0.315. The number of amides is 2. The van der Waals surface area contributed by atoms with Gasteiger partial charge in [-0.3, -0.25) is 9.80 Å². The molecule has 0 saturated carbocycles. The number of hydrogen-bond acceptors (Lipinski definition) is 7. The fourth-order valence-electron chi connectivity index (χ4n) is 3.86. The van der Waals surface area contributed by atoms with Crippen LogP contribution >= 0.6 is 0 Å². The van der Waals surface area contributed by atoms with Gasteiger partial charge >= 0.3 is 12.2 Å². The van der Waals surface area contributed by atoms with Crippen LogP contribution in [0.4, 0.5) is 25.4 Å². The second kappa shape index (κ2) is 11.4. The number of carbonyl (C=O) groups is 2. The maximum absolute atomic E-state index is 13.2. The molecule has 9 nitrogen and oxygen atoms in total. The van der Waals surface area contributed by atoms with E-state index in [1.54, 1.807) is 13.0 Å². The number of fused-ring (bicyclic) bond motifs is 1. The zero-order valence-electron chi connectivity index (χ0n) is 19.2. The highest BCUT2D eigenvalue weighted by Gasteiger charge is 2.36. The minimum absolute atomic E-state index is 0.0788. The third-order valence-corrected chi connectivity index (χ3v) is 5.61. The number of nitriles is 1. The van der Waals surface area contributed by atoms with E-state index in [1.165, 1.54) is 41.2 Å². The molecule has 2 atom stereocenters. The van der Waals surface area contributed by atoms with E-state index in [1.807, 2.05) is 12.1 Å². The Labute approximate surface area is 197 Å². The predicted molar refractivity (Wildman–Crippen MR) is 125 cm³/mol. The Morgan fingerprint density at radius 3 is 2.62 bits per heavy atom. The summed E-state index contributed by atoms with van der Waals surface area (Å²) in [6.07, 6.45) is -0.810. The fraction of sp³-hybridized carbons (Fsp3) is 0.375. The predicted octanol–water partition coefficient (Wildman–Crippen LogP) is 3.35. The van der Waals surface area contributed by atoms with Crippen molar-refractivity contribution in [2.45, 2.75) is 25.3 Å². The Morgan fingerprint density at radius 2 is 1.97 bits per heavy atom. The van der Waals surface area contributed by atoms with Gasteiger partial charge in [-0.2, -0.15) is 5.26 Å². The summed E-state index contributed by atoms with van der Waals surface area (Å²) in [4.78, 5) is 28.5. The number of anilines is 2. The van der Waals surface area contributed by atoms with E-state index in [0.717, 1.165) is 5.56 Å². The number of nitrogens with one attached hydrogen (secondary N) is 1. The van der Waals surface area contributed by atoms with Crippen molar-refractivity contribution in [3.05, 3.63) is 53.8 Å². The van der Waals surface area contributed by atoms with Gasteiger partial charge in [0.15, 0.2) is 0 Å². The van der Waals surface area contributed by atoms with E-state index in [2.05, 4.69) is 11.4 Å². The standard InChI is InChI=1S/C24H28FN5O4/c1-16-15-29(23(31)34-20-7-5-19(25)6-8-20)22-12-17(18(13-27)14-28-11-3-10-26)4-9-21(22)30(16)24(32)33-2/h4-9,12,16,18,28H,3,11,13-15,27H2,1-2H3/t16-,18?/m0/s1. The van der Waals surface area contributed by atoms with E-state index >= 15 is 0 Å². The molecule has 0 saturated heterocycles. The van der Waals surface area contributed by atoms with E-state index < -0.39 is 18.0 Å². The van der Waals surface area contributed by atoms with Crippen molar-refractivity contribution in [2.24, 2.45) is 5.73 Å². The normalized spacial score (nSPS) is 15.8. The van der Waals surface area contributed by atoms with Gasteiger partial charge in [0.25, 0.3) is 0 Å². The average Bonchev–Trinajstić information content (AvgIpc) is 2.84. The second-order valence-electron chi connectivity index (χ2n) is 7.91. The first-order valence-electron chi connectivity index (χ1n) is 10.9. The van der Waals surface area contributed by atoms with Crippen LogP contribution < -0.4 is 25.6 Å². The number of nitrogens with zero attached hydrogens (tertiary/aromatic N) is 3. The number of methoxy groups -OCH3 is 1. The monoisotopic (exact) mass is 469 g/mol. The largest absolute Gasteiger partial charge is 0.452 e. The highest BCUT2D eigenvalue weighted by molar-refractivity contribution is 6.01. The van der Waals surface area contributed by atoms with E-state index in [9.17, 15) is 14.0 Å². The molecule has 3 N–H and O–H groups in total. The molecule has 3 rings (SSSR count). The third-order valence-electron chi connectivity index (χ3n) is 5.61. The molecular weight excluding hydrogens is 441 g/mol. The van der Waals surface area contributed by atoms with Crippen LogP contribution in [0.1, 0.15) is 24.8 Å². The van der Waals surface area contributed by atoms with Gasteiger partial charge in [0, 0.05) is 32.0 Å². The number of rotatable bonds is 7. The van der Waals surface area contributed by atoms with Crippen molar-refractivity contribution < 1.29 is 23.5 Å². The Morgan fingerprint density at radius 1 is 1.24 bits per heavy atom. The van der Waals surface area contributed by atoms with Crippen LogP contribution in [0.25, 0.3) is 0 Å². The molecule has 0 spiro atoms. The molecule has 34 heavy (non-hydrogen) atoms. The highest BCUT2D eigenvalue weighted by Crippen LogP contribution is 2.38. The fourth-order valence-corrected chi connectivity index (χ4v) is 3.86. The number of carbonyl (C=O) groups excluding carboxylic acids is 2. The Kier molecular flexibility index (Phi) is 8.40. The number of halogens is 1. The maximum atomic E-state index is 13.2. The van der Waals surface area contributed by atoms with Gasteiger partial charge in [-0.15, -0.1) is 0 Å². The number of ether oxygens (including phenoxy) is 2. The molecule has 2 aromatic carbocycles. The lowest BCUT2D eigenvalue weighted by atomic mass is 9.96. The highest BCUT2D eigenvalue weighted by atomic mass is 19.1. The SMILES string of the molecule is COC(=O)N1c2ccc(C(CN)CNCCC#N)cc2N(C(=O)Oc2ccc(F)cc2)C[C@@H]1C. The molecule has 0 bridgehead atoms. The second-order valence-corrected chi connectivity index (χ2v) is 7.91. The van der Waals surface area contributed by atoms with E-state index in [0.29, 0.717) is 37.4 Å². The zero-order chi connectivity index (χ0) is 24.7. The van der Waals surface area contributed by atoms with Crippen molar-refractivity contribution >= 4 is 23.6 Å². The van der Waals surface area contributed by atoms with Crippen LogP contribution in [0.15, 0.2) is 42.5 Å². The molecule has 1 heterocycles. The maximum Gasteiger partial charge on any atom is 0.419 e. The summed E-state index contributed by atoms with van der Waals surface area (Å²) in [6, 6.07) is 12.3. The summed E-state index contributed by atoms with van der Waals surface area (Å²) in [7, 11) is 1.30. The van der Waals surface area contributed by atoms with Gasteiger partial charge in [-0.25, -0.2) is 14.0 Å². The van der Waals surface area contributed by atoms with Gasteiger partial charge in [0.1, 0.15) is 11.6 Å². The number of hydrogen-bond donors (Lipinski definition) is 2. The molecular formula is C24H28FN5O4. The van der Waals surface area contributed by atoms with Gasteiger partial charge in [0.2, 0.25) is 0 Å². The molecule has 0 aromatic heterocycles. The van der Waals surface area contributed by atoms with Crippen molar-refractivity contribution in [1.29, 1.82) is 5.26 Å². The minimum Gasteiger partial charge on any atom is -0.452 e. The molecule has 10 heteroatoms. The average molecular weight is 470 g/mol. The molecule has 1 unspecified atom stereocenters. The molecule has 0 radical (unpaired) electrons.